The Kier molecular flexibility index (Phi) is 14.7. The zero-order valence-corrected chi connectivity index (χ0v) is 32.2. The van der Waals surface area contributed by atoms with Crippen molar-refractivity contribution in [3.8, 4) is 0 Å². The molecule has 0 fully saturated rings. The number of nitrogens with two attached hydrogens (primary N) is 1. The molecule has 0 radical (unpaired) electrons. The van der Waals surface area contributed by atoms with Crippen molar-refractivity contribution in [3.63, 3.8) is 0 Å². The van der Waals surface area contributed by atoms with Gasteiger partial charge in [-0.25, -0.2) is 0 Å². The minimum absolute atomic E-state index is 0.0273. The van der Waals surface area contributed by atoms with Crippen molar-refractivity contribution in [1.82, 2.24) is 16.0 Å². The van der Waals surface area contributed by atoms with Crippen molar-refractivity contribution < 1.29 is 88.6 Å². The first-order valence-corrected chi connectivity index (χ1v) is 21.0. The maximum atomic E-state index is 14.3. The number of amides is 4. The number of primary amides is 1. The summed E-state index contributed by atoms with van der Waals surface area (Å²) in [5, 5.41) is 6.79. The summed E-state index contributed by atoms with van der Waals surface area (Å²) in [6.45, 7) is 0.987. The number of rotatable bonds is 18. The Morgan fingerprint density at radius 2 is 0.759 bits per heavy atom. The second-order valence-electron chi connectivity index (χ2n) is 12.7. The Morgan fingerprint density at radius 3 is 1.00 bits per heavy atom. The van der Waals surface area contributed by atoms with Gasteiger partial charge in [0.05, 0.1) is 0 Å². The summed E-state index contributed by atoms with van der Waals surface area (Å²) >= 11 is 0. The van der Waals surface area contributed by atoms with Gasteiger partial charge in [0, 0.05) is 42.9 Å². The molecule has 4 amide bonds. The van der Waals surface area contributed by atoms with E-state index >= 15 is 0 Å². The summed E-state index contributed by atoms with van der Waals surface area (Å²) in [7, 11) is -17.9. The number of hydrogen-bond donors (Lipinski definition) is 10. The highest BCUT2D eigenvalue weighted by molar-refractivity contribution is 7.53. The van der Waals surface area contributed by atoms with Crippen LogP contribution in [0, 0.1) is 0 Å². The molecule has 0 saturated carbocycles. The number of carbonyl (C=O) groups is 4. The highest BCUT2D eigenvalue weighted by Gasteiger charge is 2.52. The molecule has 0 heterocycles. The molecular formula is C32H35F6N4O13P3. The zero-order chi connectivity index (χ0) is 44.2. The lowest BCUT2D eigenvalue weighted by molar-refractivity contribution is -0.133. The van der Waals surface area contributed by atoms with Gasteiger partial charge >= 0.3 is 39.8 Å². The van der Waals surface area contributed by atoms with Gasteiger partial charge in [-0.3, -0.25) is 32.9 Å². The molecule has 0 aliphatic heterocycles. The first-order chi connectivity index (χ1) is 26.4. The number of carbonyl (C=O) groups excluding carboxylic acids is 4. The average molecular weight is 891 g/mol. The number of hydrogen-bond acceptors (Lipinski definition) is 7. The Balaban J connectivity index is 1.95. The molecule has 318 valence electrons. The lowest BCUT2D eigenvalue weighted by atomic mass is 10.00. The molecule has 3 rings (SSSR count). The monoisotopic (exact) mass is 890 g/mol. The molecule has 3 atom stereocenters. The van der Waals surface area contributed by atoms with Gasteiger partial charge in [-0.15, -0.1) is 0 Å². The summed E-state index contributed by atoms with van der Waals surface area (Å²) in [5.41, 5.74) is -11.5. The van der Waals surface area contributed by atoms with Gasteiger partial charge in [0.15, 0.2) is 0 Å². The van der Waals surface area contributed by atoms with Crippen molar-refractivity contribution in [2.45, 2.75) is 61.3 Å². The predicted molar refractivity (Wildman–Crippen MR) is 189 cm³/mol. The average Bonchev–Trinajstić information content (AvgIpc) is 3.09. The van der Waals surface area contributed by atoms with Crippen LogP contribution in [0.15, 0.2) is 72.8 Å². The SMILES string of the molecule is CC(=O)N[C@@H](Cc1ccc(C(F)(F)P(=O)(O)O)cc1)C(=O)N[C@@H](Cc1ccc(C(F)(F)P(=O)(O)O)cc1)C(=O)N[C@@H](Cc1ccc(C(F)(F)P(=O)(O)O)cc1)C(N)=O. The number of nitrogens with one attached hydrogen (secondary N) is 3. The molecule has 0 saturated heterocycles. The quantitative estimate of drug-likeness (QED) is 0.0649. The third-order valence-electron chi connectivity index (χ3n) is 8.31. The molecule has 3 aromatic carbocycles. The standard InChI is InChI=1S/C32H35F6N4O13P3/c1-17(43)40-25(15-19-4-10-22(11-5-19)31(35,36)57(50,51)52)28(45)42-26(16-20-6-12-23(13-7-20)32(37,38)58(53,54)55)29(46)41-24(27(39)44)14-18-2-8-21(9-3-18)30(33,34)56(47,48)49/h2-13,24-26H,14-16H2,1H3,(H2,39,44)(H,40,43)(H,41,46)(H,42,45)(H2,47,48,49)(H2,50,51,52)(H2,53,54,55)/t24-,25-,26-/m0/s1. The molecule has 0 bridgehead atoms. The lowest BCUT2D eigenvalue weighted by Gasteiger charge is -2.25. The van der Waals surface area contributed by atoms with Gasteiger partial charge in [0.1, 0.15) is 18.1 Å². The van der Waals surface area contributed by atoms with Crippen LogP contribution in [-0.4, -0.2) is 71.1 Å². The number of halogens is 6. The molecule has 0 aromatic heterocycles. The van der Waals surface area contributed by atoms with E-state index in [0.717, 1.165) is 43.3 Å². The Morgan fingerprint density at radius 1 is 0.517 bits per heavy atom. The van der Waals surface area contributed by atoms with Crippen LogP contribution in [0.1, 0.15) is 40.3 Å². The van der Waals surface area contributed by atoms with Crippen LogP contribution < -0.4 is 21.7 Å². The van der Waals surface area contributed by atoms with E-state index in [-0.39, 0.29) is 16.7 Å². The molecule has 58 heavy (non-hydrogen) atoms. The van der Waals surface area contributed by atoms with Gasteiger partial charge in [0.25, 0.3) is 0 Å². The smallest absolute Gasteiger partial charge is 0.368 e. The minimum Gasteiger partial charge on any atom is -0.368 e. The Bertz CT molecular complexity index is 2150. The fourth-order valence-electron chi connectivity index (χ4n) is 5.17. The Hall–Kier alpha value is -4.43. The second-order valence-corrected chi connectivity index (χ2v) is 17.7. The third kappa shape index (κ3) is 11.6. The molecule has 26 heteroatoms. The summed E-state index contributed by atoms with van der Waals surface area (Å²) < 4.78 is 119. The first kappa shape index (κ1) is 47.9. The molecule has 0 aliphatic rings. The van der Waals surface area contributed by atoms with Gasteiger partial charge in [-0.2, -0.15) is 26.3 Å². The summed E-state index contributed by atoms with van der Waals surface area (Å²) in [5.74, 6) is -4.36. The van der Waals surface area contributed by atoms with Gasteiger partial charge in [-0.1, -0.05) is 72.8 Å². The van der Waals surface area contributed by atoms with E-state index in [0.29, 0.717) is 36.4 Å². The normalized spacial score (nSPS) is 14.5. The van der Waals surface area contributed by atoms with E-state index in [1.54, 1.807) is 0 Å². The maximum absolute atomic E-state index is 14.3. The van der Waals surface area contributed by atoms with Crippen LogP contribution in [0.5, 0.6) is 0 Å². The highest BCUT2D eigenvalue weighted by Crippen LogP contribution is 2.60. The fourth-order valence-corrected chi connectivity index (χ4v) is 6.62. The second kappa shape index (κ2) is 17.8. The van der Waals surface area contributed by atoms with Crippen molar-refractivity contribution in [1.29, 1.82) is 0 Å². The highest BCUT2D eigenvalue weighted by atomic mass is 31.2. The molecule has 0 aliphatic carbocycles. The number of benzene rings is 3. The fraction of sp³-hybridized carbons (Fsp3) is 0.312. The topological polar surface area (TPSA) is 303 Å². The minimum atomic E-state index is -5.99. The van der Waals surface area contributed by atoms with Crippen LogP contribution in [0.2, 0.25) is 0 Å². The first-order valence-electron chi connectivity index (χ1n) is 16.1. The summed E-state index contributed by atoms with van der Waals surface area (Å²) in [6, 6.07) is 4.50. The maximum Gasteiger partial charge on any atom is 0.399 e. The molecule has 11 N–H and O–H groups in total. The summed E-state index contributed by atoms with van der Waals surface area (Å²) in [6.07, 6.45) is -1.59. The van der Waals surface area contributed by atoms with E-state index in [9.17, 15) is 59.2 Å². The van der Waals surface area contributed by atoms with E-state index in [2.05, 4.69) is 16.0 Å². The van der Waals surface area contributed by atoms with Gasteiger partial charge in [-0.05, 0) is 16.7 Å². The van der Waals surface area contributed by atoms with E-state index in [1.165, 1.54) is 0 Å². The van der Waals surface area contributed by atoms with Crippen LogP contribution in [0.25, 0.3) is 0 Å². The third-order valence-corrected chi connectivity index (χ3v) is 11.3. The molecular weight excluding hydrogens is 855 g/mol. The predicted octanol–water partition coefficient (Wildman–Crippen LogP) is 2.36. The van der Waals surface area contributed by atoms with Crippen molar-refractivity contribution in [2.75, 3.05) is 0 Å². The van der Waals surface area contributed by atoms with Crippen LogP contribution in [-0.2, 0) is 69.1 Å². The van der Waals surface area contributed by atoms with E-state index in [1.807, 2.05) is 0 Å². The van der Waals surface area contributed by atoms with E-state index in [4.69, 9.17) is 35.1 Å². The van der Waals surface area contributed by atoms with Crippen molar-refractivity contribution >= 4 is 46.4 Å². The lowest BCUT2D eigenvalue weighted by Crippen LogP contribution is -2.57. The van der Waals surface area contributed by atoms with E-state index < -0.39 is 117 Å². The van der Waals surface area contributed by atoms with Crippen molar-refractivity contribution in [3.05, 3.63) is 106 Å². The molecule has 17 nitrogen and oxygen atoms in total. The van der Waals surface area contributed by atoms with Crippen LogP contribution in [0.4, 0.5) is 26.3 Å². The number of alkyl halides is 6. The molecule has 0 spiro atoms. The van der Waals surface area contributed by atoms with Crippen LogP contribution in [0.3, 0.4) is 0 Å². The zero-order valence-electron chi connectivity index (χ0n) is 29.5. The molecule has 0 unspecified atom stereocenters. The van der Waals surface area contributed by atoms with Crippen LogP contribution >= 0.6 is 22.8 Å². The van der Waals surface area contributed by atoms with Gasteiger partial charge in [0.2, 0.25) is 23.6 Å². The van der Waals surface area contributed by atoms with Gasteiger partial charge < -0.3 is 51.0 Å². The Labute approximate surface area is 323 Å². The molecule has 3 aromatic rings. The summed E-state index contributed by atoms with van der Waals surface area (Å²) in [4.78, 5) is 106. The van der Waals surface area contributed by atoms with Crippen molar-refractivity contribution in [2.24, 2.45) is 5.73 Å². The largest absolute Gasteiger partial charge is 0.399 e.